The highest BCUT2D eigenvalue weighted by Crippen LogP contribution is 2.24. The molecule has 6 nitrogen and oxygen atoms in total. The Morgan fingerprint density at radius 3 is 2.52 bits per heavy atom. The number of carbonyl (C=O) groups excluding carboxylic acids is 1. The van der Waals surface area contributed by atoms with Crippen LogP contribution in [0.2, 0.25) is 5.02 Å². The molecule has 8 heteroatoms. The third kappa shape index (κ3) is 5.80. The lowest BCUT2D eigenvalue weighted by Crippen LogP contribution is -2.19. The molecule has 1 amide bonds. The summed E-state index contributed by atoms with van der Waals surface area (Å²) >= 11 is 6.00. The summed E-state index contributed by atoms with van der Waals surface area (Å²) in [5.41, 5.74) is 2.89. The van der Waals surface area contributed by atoms with E-state index in [2.05, 4.69) is 15.2 Å². The minimum atomic E-state index is -3.89. The summed E-state index contributed by atoms with van der Waals surface area (Å²) in [6.45, 7) is 4.09. The van der Waals surface area contributed by atoms with Gasteiger partial charge in [-0.25, -0.2) is 13.8 Å². The normalized spacial score (nSPS) is 11.7. The number of amides is 1. The van der Waals surface area contributed by atoms with Crippen molar-refractivity contribution in [3.8, 4) is 0 Å². The predicted octanol–water partition coefficient (Wildman–Crippen LogP) is 4.29. The van der Waals surface area contributed by atoms with Gasteiger partial charge in [-0.3, -0.25) is 9.52 Å². The number of anilines is 1. The van der Waals surface area contributed by atoms with Crippen molar-refractivity contribution < 1.29 is 13.2 Å². The number of para-hydroxylation sites is 1. The van der Waals surface area contributed by atoms with Gasteiger partial charge in [-0.05, 0) is 49.1 Å². The van der Waals surface area contributed by atoms with Crippen LogP contribution in [0.4, 0.5) is 5.69 Å². The molecule has 0 fully saturated rings. The van der Waals surface area contributed by atoms with E-state index >= 15 is 0 Å². The monoisotopic (exact) mass is 407 g/mol. The van der Waals surface area contributed by atoms with Crippen LogP contribution in [0.15, 0.2) is 58.5 Å². The van der Waals surface area contributed by atoms with Crippen LogP contribution < -0.4 is 10.1 Å². The quantitative estimate of drug-likeness (QED) is 0.505. The number of hydrazone groups is 1. The van der Waals surface area contributed by atoms with Crippen LogP contribution in [-0.2, 0) is 10.0 Å². The van der Waals surface area contributed by atoms with Gasteiger partial charge < -0.3 is 0 Å². The van der Waals surface area contributed by atoms with Gasteiger partial charge in [0.2, 0.25) is 0 Å². The highest BCUT2D eigenvalue weighted by atomic mass is 35.5. The van der Waals surface area contributed by atoms with E-state index in [-0.39, 0.29) is 27.1 Å². The molecule has 0 saturated carbocycles. The predicted molar refractivity (Wildman–Crippen MR) is 109 cm³/mol. The molecule has 0 unspecified atom stereocenters. The van der Waals surface area contributed by atoms with Crippen LogP contribution in [0, 0.1) is 5.92 Å². The second-order valence-electron chi connectivity index (χ2n) is 5.91. The Kier molecular flexibility index (Phi) is 7.38. The van der Waals surface area contributed by atoms with Crippen LogP contribution in [0.3, 0.4) is 0 Å². The minimum Gasteiger partial charge on any atom is -0.278 e. The molecule has 27 heavy (non-hydrogen) atoms. The molecule has 0 aromatic heterocycles. The maximum Gasteiger partial charge on any atom is 0.271 e. The lowest BCUT2D eigenvalue weighted by molar-refractivity contribution is 0.0954. The van der Waals surface area contributed by atoms with Gasteiger partial charge in [-0.2, -0.15) is 5.10 Å². The molecule has 2 aromatic carbocycles. The van der Waals surface area contributed by atoms with E-state index < -0.39 is 15.9 Å². The van der Waals surface area contributed by atoms with Crippen molar-refractivity contribution in [2.75, 3.05) is 4.72 Å². The first-order chi connectivity index (χ1) is 12.9. The Balaban J connectivity index is 2.16. The first-order valence-electron chi connectivity index (χ1n) is 8.58. The van der Waals surface area contributed by atoms with Gasteiger partial charge in [-0.15, -0.1) is 0 Å². The molecule has 2 rings (SSSR count). The molecule has 0 spiro atoms. The van der Waals surface area contributed by atoms with Crippen molar-refractivity contribution in [1.82, 2.24) is 5.43 Å². The molecule has 0 aliphatic rings. The summed E-state index contributed by atoms with van der Waals surface area (Å²) in [5, 5.41) is 4.24. The van der Waals surface area contributed by atoms with E-state index in [1.165, 1.54) is 24.3 Å². The molecule has 144 valence electrons. The van der Waals surface area contributed by atoms with Gasteiger partial charge in [0.05, 0.1) is 15.6 Å². The third-order valence-corrected chi connectivity index (χ3v) is 5.72. The number of hydrogen-bond acceptors (Lipinski definition) is 4. The van der Waals surface area contributed by atoms with Gasteiger partial charge in [0, 0.05) is 11.8 Å². The maximum absolute atomic E-state index is 12.6. The maximum atomic E-state index is 12.6. The van der Waals surface area contributed by atoms with E-state index in [1.54, 1.807) is 30.5 Å². The Hall–Kier alpha value is -2.38. The van der Waals surface area contributed by atoms with Crippen molar-refractivity contribution in [2.24, 2.45) is 11.0 Å². The van der Waals surface area contributed by atoms with Crippen LogP contribution in [0.25, 0.3) is 0 Å². The molecular weight excluding hydrogens is 386 g/mol. The van der Waals surface area contributed by atoms with E-state index in [1.807, 2.05) is 13.8 Å². The number of sulfonamides is 1. The summed E-state index contributed by atoms with van der Waals surface area (Å²) in [6, 6.07) is 12.2. The van der Waals surface area contributed by atoms with Crippen molar-refractivity contribution in [2.45, 2.75) is 31.6 Å². The van der Waals surface area contributed by atoms with E-state index in [0.29, 0.717) is 0 Å². The lowest BCUT2D eigenvalue weighted by Gasteiger charge is -2.10. The molecule has 0 aliphatic heterocycles. The van der Waals surface area contributed by atoms with Crippen molar-refractivity contribution in [3.05, 3.63) is 59.1 Å². The summed E-state index contributed by atoms with van der Waals surface area (Å²) in [6.07, 6.45) is 3.55. The summed E-state index contributed by atoms with van der Waals surface area (Å²) in [4.78, 5) is 12.2. The fourth-order valence-corrected chi connectivity index (χ4v) is 3.68. The van der Waals surface area contributed by atoms with E-state index in [0.717, 1.165) is 12.8 Å². The topological polar surface area (TPSA) is 87.6 Å². The van der Waals surface area contributed by atoms with Crippen molar-refractivity contribution in [1.29, 1.82) is 0 Å². The number of benzene rings is 2. The number of rotatable bonds is 8. The van der Waals surface area contributed by atoms with Crippen molar-refractivity contribution in [3.63, 3.8) is 0 Å². The van der Waals surface area contributed by atoms with Gasteiger partial charge in [-0.1, -0.05) is 43.6 Å². The Labute approximate surface area is 164 Å². The highest BCUT2D eigenvalue weighted by Gasteiger charge is 2.17. The second kappa shape index (κ2) is 9.53. The zero-order valence-corrected chi connectivity index (χ0v) is 16.7. The SMILES string of the molecule is CCC(/C=N\NC(=O)c1cccc(S(=O)(=O)Nc2ccccc2Cl)c1)CC. The first-order valence-corrected chi connectivity index (χ1v) is 10.4. The fourth-order valence-electron chi connectivity index (χ4n) is 2.32. The van der Waals surface area contributed by atoms with Crippen molar-refractivity contribution >= 4 is 39.4 Å². The number of nitrogens with zero attached hydrogens (tertiary/aromatic N) is 1. The lowest BCUT2D eigenvalue weighted by atomic mass is 10.1. The number of nitrogens with one attached hydrogen (secondary N) is 2. The standard InChI is InChI=1S/C19H22ClN3O3S/c1-3-14(4-2)13-21-22-19(24)15-8-7-9-16(12-15)27(25,26)23-18-11-6-5-10-17(18)20/h5-14,23H,3-4H2,1-2H3,(H,22,24)/b21-13-. The van der Waals surface area contributed by atoms with Crippen LogP contribution in [0.1, 0.15) is 37.0 Å². The molecule has 0 bridgehead atoms. The van der Waals surface area contributed by atoms with Gasteiger partial charge in [0.15, 0.2) is 0 Å². The highest BCUT2D eigenvalue weighted by molar-refractivity contribution is 7.92. The number of carbonyl (C=O) groups is 1. The average Bonchev–Trinajstić information content (AvgIpc) is 2.67. The molecule has 0 heterocycles. The Morgan fingerprint density at radius 2 is 1.85 bits per heavy atom. The number of halogens is 1. The van der Waals surface area contributed by atoms with Crippen LogP contribution in [0.5, 0.6) is 0 Å². The van der Waals surface area contributed by atoms with E-state index in [4.69, 9.17) is 11.6 Å². The minimum absolute atomic E-state index is 0.0426. The second-order valence-corrected chi connectivity index (χ2v) is 8.00. The zero-order valence-electron chi connectivity index (χ0n) is 15.1. The average molecular weight is 408 g/mol. The first kappa shape index (κ1) is 20.9. The molecule has 2 N–H and O–H groups in total. The van der Waals surface area contributed by atoms with Crippen LogP contribution in [-0.4, -0.2) is 20.5 Å². The fraction of sp³-hybridized carbons (Fsp3) is 0.263. The van der Waals surface area contributed by atoms with Crippen LogP contribution >= 0.6 is 11.6 Å². The van der Waals surface area contributed by atoms with E-state index in [9.17, 15) is 13.2 Å². The third-order valence-electron chi connectivity index (χ3n) is 4.02. The molecular formula is C19H22ClN3O3S. The molecule has 2 aromatic rings. The molecule has 0 radical (unpaired) electrons. The zero-order chi connectivity index (χ0) is 19.9. The van der Waals surface area contributed by atoms with Gasteiger partial charge >= 0.3 is 0 Å². The summed E-state index contributed by atoms with van der Waals surface area (Å²) in [7, 11) is -3.89. The Bertz CT molecular complexity index is 925. The Morgan fingerprint density at radius 1 is 1.15 bits per heavy atom. The van der Waals surface area contributed by atoms with Gasteiger partial charge in [0.1, 0.15) is 0 Å². The molecule has 0 atom stereocenters. The smallest absolute Gasteiger partial charge is 0.271 e. The summed E-state index contributed by atoms with van der Waals surface area (Å²) < 4.78 is 27.6. The molecule has 0 saturated heterocycles. The number of hydrogen-bond donors (Lipinski definition) is 2. The molecule has 0 aliphatic carbocycles. The summed E-state index contributed by atoms with van der Waals surface area (Å²) in [5.74, 6) is -0.191. The largest absolute Gasteiger partial charge is 0.278 e. The van der Waals surface area contributed by atoms with Gasteiger partial charge in [0.25, 0.3) is 15.9 Å².